The monoisotopic (exact) mass is 568 g/mol. The van der Waals surface area contributed by atoms with Crippen molar-refractivity contribution < 1.29 is 27.5 Å². The first-order chi connectivity index (χ1) is 18.4. The zero-order chi connectivity index (χ0) is 28.7. The van der Waals surface area contributed by atoms with E-state index in [-0.39, 0.29) is 35.0 Å². The molecule has 1 fully saturated rings. The fourth-order valence-electron chi connectivity index (χ4n) is 4.80. The minimum atomic E-state index is -4.71. The van der Waals surface area contributed by atoms with Crippen LogP contribution in [-0.2, 0) is 4.79 Å². The third-order valence-electron chi connectivity index (χ3n) is 6.92. The van der Waals surface area contributed by atoms with Crippen LogP contribution in [0.4, 0.5) is 19.0 Å². The summed E-state index contributed by atoms with van der Waals surface area (Å²) in [7, 11) is 2.79. The number of pyridine rings is 1. The van der Waals surface area contributed by atoms with Gasteiger partial charge < -0.3 is 19.9 Å². The minimum absolute atomic E-state index is 0.00999. The number of anilines is 1. The fourth-order valence-corrected chi connectivity index (χ4v) is 5.04. The predicted molar refractivity (Wildman–Crippen MR) is 145 cm³/mol. The number of likely N-dealkylation sites (N-methyl/N-ethyl adjacent to an activating group) is 1. The number of aromatic nitrogens is 1. The fraction of sp³-hybridized carbons (Fsp3) is 0.536. The first-order valence-corrected chi connectivity index (χ1v) is 13.5. The lowest BCUT2D eigenvalue weighted by Crippen LogP contribution is -2.39. The molecule has 0 saturated carbocycles. The second-order valence-electron chi connectivity index (χ2n) is 10.2. The van der Waals surface area contributed by atoms with Crippen LogP contribution in [0.2, 0.25) is 5.15 Å². The van der Waals surface area contributed by atoms with Gasteiger partial charge in [-0.25, -0.2) is 4.98 Å². The topological polar surface area (TPSA) is 74.8 Å². The van der Waals surface area contributed by atoms with E-state index in [0.717, 1.165) is 32.4 Å². The lowest BCUT2D eigenvalue weighted by atomic mass is 9.92. The van der Waals surface area contributed by atoms with Gasteiger partial charge in [-0.1, -0.05) is 23.7 Å². The molecular weight excluding hydrogens is 533 g/mol. The molecule has 2 aromatic rings. The van der Waals surface area contributed by atoms with Gasteiger partial charge in [0.05, 0.1) is 12.7 Å². The summed E-state index contributed by atoms with van der Waals surface area (Å²) in [6.45, 7) is 5.50. The molecule has 7 nitrogen and oxygen atoms in total. The maximum atomic E-state index is 13.9. The smallest absolute Gasteiger partial charge is 0.404 e. The maximum Gasteiger partial charge on any atom is 0.404 e. The Morgan fingerprint density at radius 2 is 1.90 bits per heavy atom. The van der Waals surface area contributed by atoms with Gasteiger partial charge in [0.25, 0.3) is 5.91 Å². The minimum Gasteiger partial charge on any atom is -0.497 e. The van der Waals surface area contributed by atoms with Crippen molar-refractivity contribution in [3.8, 4) is 5.75 Å². The molecule has 0 bridgehead atoms. The van der Waals surface area contributed by atoms with Crippen molar-refractivity contribution in [1.29, 1.82) is 0 Å². The molecule has 0 radical (unpaired) electrons. The summed E-state index contributed by atoms with van der Waals surface area (Å²) in [6.07, 6.45) is -1.51. The summed E-state index contributed by atoms with van der Waals surface area (Å²) in [6, 6.07) is 9.02. The maximum absolute atomic E-state index is 13.9. The second-order valence-corrected chi connectivity index (χ2v) is 10.6. The number of carbonyl (C=O) groups is 2. The lowest BCUT2D eigenvalue weighted by molar-refractivity contribution is -0.171. The third-order valence-corrected chi connectivity index (χ3v) is 7.21. The molecule has 2 heterocycles. The largest absolute Gasteiger partial charge is 0.497 e. The van der Waals surface area contributed by atoms with Crippen molar-refractivity contribution in [1.82, 2.24) is 15.2 Å². The van der Waals surface area contributed by atoms with Crippen molar-refractivity contribution in [3.63, 3.8) is 0 Å². The molecule has 11 heteroatoms. The molecule has 214 valence electrons. The van der Waals surface area contributed by atoms with E-state index in [1.54, 1.807) is 18.2 Å². The molecule has 39 heavy (non-hydrogen) atoms. The summed E-state index contributed by atoms with van der Waals surface area (Å²) in [5.41, 5.74) is 0.204. The molecule has 0 aliphatic carbocycles. The third kappa shape index (κ3) is 8.24. The number of hydrogen-bond donors (Lipinski definition) is 1. The second kappa shape index (κ2) is 13.4. The van der Waals surface area contributed by atoms with E-state index in [1.807, 2.05) is 13.8 Å². The molecule has 1 aromatic heterocycles. The van der Waals surface area contributed by atoms with Crippen molar-refractivity contribution in [3.05, 3.63) is 52.7 Å². The van der Waals surface area contributed by atoms with Crippen LogP contribution in [-0.4, -0.2) is 67.7 Å². The normalized spacial score (nSPS) is 15.3. The lowest BCUT2D eigenvalue weighted by Gasteiger charge is -2.33. The number of benzene rings is 1. The number of nitrogens with zero attached hydrogens (tertiary/aromatic N) is 3. The molecule has 1 saturated heterocycles. The number of halogens is 4. The van der Waals surface area contributed by atoms with Crippen LogP contribution in [0.3, 0.4) is 0 Å². The Morgan fingerprint density at radius 1 is 1.21 bits per heavy atom. The number of nitrogens with one attached hydrogen (secondary N) is 1. The average molecular weight is 569 g/mol. The van der Waals surface area contributed by atoms with Crippen molar-refractivity contribution in [2.45, 2.75) is 57.7 Å². The van der Waals surface area contributed by atoms with Crippen molar-refractivity contribution in [2.75, 3.05) is 38.7 Å². The zero-order valence-electron chi connectivity index (χ0n) is 22.7. The molecule has 1 aliphatic rings. The molecule has 2 amide bonds. The molecule has 0 spiro atoms. The predicted octanol–water partition coefficient (Wildman–Crippen LogP) is 5.68. The Morgan fingerprint density at radius 3 is 2.49 bits per heavy atom. The SMILES string of the molecule is COc1cccc(C(C(=O)N(C)CCCC2CCN(c3ccc(C(=O)NC(C)C)c(Cl)n3)CC2)C(F)(F)F)c1. The molecule has 3 rings (SSSR count). The van der Waals surface area contributed by atoms with Gasteiger partial charge in [0.1, 0.15) is 16.7 Å². The zero-order valence-corrected chi connectivity index (χ0v) is 23.5. The summed E-state index contributed by atoms with van der Waals surface area (Å²) in [5.74, 6) is -2.09. The van der Waals surface area contributed by atoms with Gasteiger partial charge in [0, 0.05) is 32.7 Å². The van der Waals surface area contributed by atoms with Gasteiger partial charge >= 0.3 is 6.18 Å². The van der Waals surface area contributed by atoms with E-state index in [2.05, 4.69) is 15.2 Å². The molecular formula is C28H36ClF3N4O3. The number of alkyl halides is 3. The van der Waals surface area contributed by atoms with E-state index < -0.39 is 18.0 Å². The Labute approximate surface area is 232 Å². The molecule has 1 unspecified atom stereocenters. The van der Waals surface area contributed by atoms with Crippen molar-refractivity contribution >= 4 is 29.2 Å². The molecule has 1 aliphatic heterocycles. The van der Waals surface area contributed by atoms with E-state index in [1.165, 1.54) is 37.3 Å². The highest BCUT2D eigenvalue weighted by atomic mass is 35.5. The van der Waals surface area contributed by atoms with Crippen LogP contribution in [0.1, 0.15) is 61.4 Å². The van der Waals surface area contributed by atoms with Crippen LogP contribution in [0, 0.1) is 5.92 Å². The van der Waals surface area contributed by atoms with E-state index >= 15 is 0 Å². The summed E-state index contributed by atoms with van der Waals surface area (Å²) < 4.78 is 46.6. The Hall–Kier alpha value is -3.01. The van der Waals surface area contributed by atoms with Gasteiger partial charge in [-0.15, -0.1) is 0 Å². The Balaban J connectivity index is 1.50. The van der Waals surface area contributed by atoms with E-state index in [9.17, 15) is 22.8 Å². The standard InChI is InChI=1S/C28H36ClF3N4O3/c1-18(2)33-26(37)22-10-11-23(34-25(22)29)36-15-12-19(13-16-36)7-6-14-35(3)27(38)24(28(30,31)32)20-8-5-9-21(17-20)39-4/h5,8-11,17-19,24H,6-7,12-16H2,1-4H3,(H,33,37). The van der Waals surface area contributed by atoms with Gasteiger partial charge in [-0.2, -0.15) is 13.2 Å². The van der Waals surface area contributed by atoms with Gasteiger partial charge in [-0.05, 0) is 75.3 Å². The Kier molecular flexibility index (Phi) is 10.5. The summed E-state index contributed by atoms with van der Waals surface area (Å²) in [5, 5.41) is 2.96. The number of carbonyl (C=O) groups excluding carboxylic acids is 2. The number of ether oxygens (including phenoxy) is 1. The number of rotatable bonds is 10. The summed E-state index contributed by atoms with van der Waals surface area (Å²) >= 11 is 6.28. The van der Waals surface area contributed by atoms with Gasteiger partial charge in [0.2, 0.25) is 5.91 Å². The number of amides is 2. The van der Waals surface area contributed by atoms with Crippen LogP contribution >= 0.6 is 11.6 Å². The number of hydrogen-bond acceptors (Lipinski definition) is 5. The van der Waals surface area contributed by atoms with E-state index in [4.69, 9.17) is 16.3 Å². The van der Waals surface area contributed by atoms with Crippen LogP contribution in [0.15, 0.2) is 36.4 Å². The first kappa shape index (κ1) is 30.5. The summed E-state index contributed by atoms with van der Waals surface area (Å²) in [4.78, 5) is 32.8. The number of piperidine rings is 1. The van der Waals surface area contributed by atoms with Gasteiger partial charge in [0.15, 0.2) is 5.92 Å². The highest BCUT2D eigenvalue weighted by molar-refractivity contribution is 6.32. The molecule has 1 atom stereocenters. The highest BCUT2D eigenvalue weighted by Gasteiger charge is 2.47. The molecule has 1 N–H and O–H groups in total. The van der Waals surface area contributed by atoms with Gasteiger partial charge in [-0.3, -0.25) is 9.59 Å². The average Bonchev–Trinajstić information content (AvgIpc) is 2.87. The van der Waals surface area contributed by atoms with Crippen LogP contribution < -0.4 is 15.0 Å². The first-order valence-electron chi connectivity index (χ1n) is 13.1. The van der Waals surface area contributed by atoms with E-state index in [0.29, 0.717) is 23.7 Å². The number of methoxy groups -OCH3 is 1. The van der Waals surface area contributed by atoms with Crippen LogP contribution in [0.5, 0.6) is 5.75 Å². The molecule has 1 aromatic carbocycles. The van der Waals surface area contributed by atoms with Crippen LogP contribution in [0.25, 0.3) is 0 Å². The van der Waals surface area contributed by atoms with Crippen molar-refractivity contribution in [2.24, 2.45) is 5.92 Å². The quantitative estimate of drug-likeness (QED) is 0.373. The Bertz CT molecular complexity index is 1140. The highest BCUT2D eigenvalue weighted by Crippen LogP contribution is 2.37.